The van der Waals surface area contributed by atoms with Crippen molar-refractivity contribution >= 4 is 0 Å². The summed E-state index contributed by atoms with van der Waals surface area (Å²) in [4.78, 5) is 2.52. The summed E-state index contributed by atoms with van der Waals surface area (Å²) < 4.78 is 7.93. The topological polar surface area (TPSA) is 42.3 Å². The lowest BCUT2D eigenvalue weighted by Gasteiger charge is -2.37. The third-order valence-electron chi connectivity index (χ3n) is 4.02. The van der Waals surface area contributed by atoms with Crippen LogP contribution < -0.4 is 5.32 Å². The predicted octanol–water partition coefficient (Wildman–Crippen LogP) is 1.44. The van der Waals surface area contributed by atoms with Gasteiger partial charge in [-0.25, -0.2) is 0 Å². The highest BCUT2D eigenvalue weighted by Gasteiger charge is 2.28. The standard InChI is InChI=1S/C16H30N4O/c1-4-7-17-15(12-14-6-9-19(3)18-14)16-13-20(8-5-2)10-11-21-16/h6,9,15-17H,4-5,7-8,10-13H2,1-3H3. The quantitative estimate of drug-likeness (QED) is 0.788. The maximum absolute atomic E-state index is 6.05. The van der Waals surface area contributed by atoms with Crippen LogP contribution in [0.3, 0.4) is 0 Å². The van der Waals surface area contributed by atoms with Crippen molar-refractivity contribution in [2.24, 2.45) is 7.05 Å². The van der Waals surface area contributed by atoms with Crippen LogP contribution in [0.4, 0.5) is 0 Å². The van der Waals surface area contributed by atoms with Gasteiger partial charge < -0.3 is 10.1 Å². The van der Waals surface area contributed by atoms with Crippen molar-refractivity contribution in [1.29, 1.82) is 0 Å². The van der Waals surface area contributed by atoms with Crippen LogP contribution in [-0.2, 0) is 18.2 Å². The fourth-order valence-corrected chi connectivity index (χ4v) is 2.96. The third kappa shape index (κ3) is 5.09. The van der Waals surface area contributed by atoms with Crippen molar-refractivity contribution in [3.05, 3.63) is 18.0 Å². The van der Waals surface area contributed by atoms with Crippen LogP contribution in [0.15, 0.2) is 12.3 Å². The second-order valence-electron chi connectivity index (χ2n) is 5.96. The van der Waals surface area contributed by atoms with E-state index in [9.17, 15) is 0 Å². The van der Waals surface area contributed by atoms with E-state index in [-0.39, 0.29) is 6.10 Å². The highest BCUT2D eigenvalue weighted by molar-refractivity contribution is 5.03. The minimum Gasteiger partial charge on any atom is -0.374 e. The Morgan fingerprint density at radius 3 is 2.95 bits per heavy atom. The molecule has 120 valence electrons. The Bertz CT molecular complexity index is 405. The van der Waals surface area contributed by atoms with Crippen LogP contribution in [0.1, 0.15) is 32.4 Å². The molecule has 1 aromatic rings. The molecule has 2 heterocycles. The number of aryl methyl sites for hydroxylation is 1. The highest BCUT2D eigenvalue weighted by atomic mass is 16.5. The zero-order valence-corrected chi connectivity index (χ0v) is 13.7. The summed E-state index contributed by atoms with van der Waals surface area (Å²) >= 11 is 0. The molecule has 1 saturated heterocycles. The van der Waals surface area contributed by atoms with E-state index >= 15 is 0 Å². The van der Waals surface area contributed by atoms with Gasteiger partial charge in [0.2, 0.25) is 0 Å². The van der Waals surface area contributed by atoms with Crippen molar-refractivity contribution in [3.63, 3.8) is 0 Å². The van der Waals surface area contributed by atoms with Gasteiger partial charge in [-0.1, -0.05) is 13.8 Å². The molecule has 0 amide bonds. The van der Waals surface area contributed by atoms with Gasteiger partial charge in [-0.05, 0) is 32.0 Å². The van der Waals surface area contributed by atoms with E-state index in [2.05, 4.69) is 35.2 Å². The molecule has 2 rings (SSSR count). The van der Waals surface area contributed by atoms with Gasteiger partial charge in [-0.15, -0.1) is 0 Å². The van der Waals surface area contributed by atoms with Crippen molar-refractivity contribution in [2.75, 3.05) is 32.8 Å². The monoisotopic (exact) mass is 294 g/mol. The van der Waals surface area contributed by atoms with E-state index in [0.29, 0.717) is 6.04 Å². The number of hydrogen-bond donors (Lipinski definition) is 1. The van der Waals surface area contributed by atoms with Gasteiger partial charge in [-0.3, -0.25) is 9.58 Å². The zero-order chi connectivity index (χ0) is 15.1. The lowest BCUT2D eigenvalue weighted by atomic mass is 10.0. The number of aromatic nitrogens is 2. The second kappa shape index (κ2) is 8.51. The van der Waals surface area contributed by atoms with Gasteiger partial charge in [0, 0.05) is 38.8 Å². The molecular weight excluding hydrogens is 264 g/mol. The SMILES string of the molecule is CCCNC(Cc1ccn(C)n1)C1CN(CCC)CCO1. The number of ether oxygens (including phenoxy) is 1. The summed E-state index contributed by atoms with van der Waals surface area (Å²) in [5.41, 5.74) is 1.14. The van der Waals surface area contributed by atoms with E-state index in [1.54, 1.807) is 0 Å². The average molecular weight is 294 g/mol. The smallest absolute Gasteiger partial charge is 0.0859 e. The summed E-state index contributed by atoms with van der Waals surface area (Å²) in [6.07, 6.45) is 5.56. The largest absolute Gasteiger partial charge is 0.374 e. The van der Waals surface area contributed by atoms with Crippen molar-refractivity contribution in [2.45, 2.75) is 45.3 Å². The number of rotatable bonds is 8. The van der Waals surface area contributed by atoms with Gasteiger partial charge in [-0.2, -0.15) is 5.10 Å². The molecule has 1 N–H and O–H groups in total. The van der Waals surface area contributed by atoms with E-state index in [0.717, 1.165) is 44.8 Å². The minimum atomic E-state index is 0.263. The summed E-state index contributed by atoms with van der Waals surface area (Å²) in [7, 11) is 1.97. The van der Waals surface area contributed by atoms with E-state index in [1.807, 2.05) is 17.9 Å². The normalized spacial score (nSPS) is 21.6. The molecule has 5 heteroatoms. The predicted molar refractivity (Wildman–Crippen MR) is 85.5 cm³/mol. The molecule has 1 aliphatic heterocycles. The Morgan fingerprint density at radius 1 is 1.43 bits per heavy atom. The lowest BCUT2D eigenvalue weighted by Crippen LogP contribution is -2.53. The molecule has 21 heavy (non-hydrogen) atoms. The molecule has 0 saturated carbocycles. The molecular formula is C16H30N4O. The minimum absolute atomic E-state index is 0.263. The first-order chi connectivity index (χ1) is 10.2. The number of hydrogen-bond acceptors (Lipinski definition) is 4. The average Bonchev–Trinajstić information content (AvgIpc) is 2.89. The molecule has 0 aliphatic carbocycles. The van der Waals surface area contributed by atoms with Crippen molar-refractivity contribution in [3.8, 4) is 0 Å². The molecule has 0 bridgehead atoms. The molecule has 1 aliphatic rings. The summed E-state index contributed by atoms with van der Waals surface area (Å²) in [5, 5.41) is 8.17. The second-order valence-corrected chi connectivity index (χ2v) is 5.96. The van der Waals surface area contributed by atoms with Gasteiger partial charge in [0.05, 0.1) is 18.4 Å². The summed E-state index contributed by atoms with van der Waals surface area (Å²) in [6, 6.07) is 2.45. The number of morpholine rings is 1. The number of nitrogens with zero attached hydrogens (tertiary/aromatic N) is 3. The first kappa shape index (κ1) is 16.5. The highest BCUT2D eigenvalue weighted by Crippen LogP contribution is 2.13. The first-order valence-corrected chi connectivity index (χ1v) is 8.28. The van der Waals surface area contributed by atoms with E-state index < -0.39 is 0 Å². The zero-order valence-electron chi connectivity index (χ0n) is 13.7. The molecule has 0 spiro atoms. The third-order valence-corrected chi connectivity index (χ3v) is 4.02. The Morgan fingerprint density at radius 2 is 2.29 bits per heavy atom. The van der Waals surface area contributed by atoms with E-state index in [1.165, 1.54) is 13.0 Å². The van der Waals surface area contributed by atoms with Crippen LogP contribution >= 0.6 is 0 Å². The fourth-order valence-electron chi connectivity index (χ4n) is 2.96. The van der Waals surface area contributed by atoms with Crippen LogP contribution in [0.2, 0.25) is 0 Å². The lowest BCUT2D eigenvalue weighted by molar-refractivity contribution is -0.0463. The Labute approximate surface area is 128 Å². The number of nitrogens with one attached hydrogen (secondary N) is 1. The van der Waals surface area contributed by atoms with Gasteiger partial charge >= 0.3 is 0 Å². The van der Waals surface area contributed by atoms with Gasteiger partial charge in [0.25, 0.3) is 0 Å². The Kier molecular flexibility index (Phi) is 6.67. The first-order valence-electron chi connectivity index (χ1n) is 8.28. The summed E-state index contributed by atoms with van der Waals surface area (Å²) in [5.74, 6) is 0. The van der Waals surface area contributed by atoms with Crippen LogP contribution in [0.25, 0.3) is 0 Å². The molecule has 2 atom stereocenters. The van der Waals surface area contributed by atoms with Crippen LogP contribution in [0, 0.1) is 0 Å². The molecule has 5 nitrogen and oxygen atoms in total. The molecule has 1 fully saturated rings. The van der Waals surface area contributed by atoms with E-state index in [4.69, 9.17) is 4.74 Å². The van der Waals surface area contributed by atoms with Crippen molar-refractivity contribution in [1.82, 2.24) is 20.0 Å². The Hall–Kier alpha value is -0.910. The van der Waals surface area contributed by atoms with Crippen LogP contribution in [0.5, 0.6) is 0 Å². The van der Waals surface area contributed by atoms with Crippen LogP contribution in [-0.4, -0.2) is 59.6 Å². The van der Waals surface area contributed by atoms with Crippen molar-refractivity contribution < 1.29 is 4.74 Å². The molecule has 0 aromatic carbocycles. The summed E-state index contributed by atoms with van der Waals surface area (Å²) in [6.45, 7) is 9.59. The van der Waals surface area contributed by atoms with Gasteiger partial charge in [0.1, 0.15) is 0 Å². The Balaban J connectivity index is 1.96. The van der Waals surface area contributed by atoms with Gasteiger partial charge in [0.15, 0.2) is 0 Å². The molecule has 1 aromatic heterocycles. The molecule has 2 unspecified atom stereocenters. The maximum Gasteiger partial charge on any atom is 0.0859 e. The maximum atomic E-state index is 6.05. The molecule has 0 radical (unpaired) electrons. The fraction of sp³-hybridized carbons (Fsp3) is 0.812.